The van der Waals surface area contributed by atoms with Crippen molar-refractivity contribution in [2.75, 3.05) is 14.2 Å². The van der Waals surface area contributed by atoms with Crippen LogP contribution < -0.4 is 9.47 Å². The van der Waals surface area contributed by atoms with Gasteiger partial charge in [0.1, 0.15) is 17.3 Å². The molecule has 5 heteroatoms. The SMILES string of the molecule is COc1cc(-c2ccoc2)c(OC)cc1/C=C/C(=O)c1ccc(F)cc1. The Balaban J connectivity index is 1.94. The smallest absolute Gasteiger partial charge is 0.185 e. The van der Waals surface area contributed by atoms with Crippen molar-refractivity contribution in [3.05, 3.63) is 78.0 Å². The second-order valence-electron chi connectivity index (χ2n) is 5.51. The Labute approximate surface area is 150 Å². The predicted octanol–water partition coefficient (Wildman–Crippen LogP) is 5.00. The molecular weight excluding hydrogens is 335 g/mol. The molecule has 3 rings (SSSR count). The molecule has 0 saturated heterocycles. The minimum Gasteiger partial charge on any atom is -0.496 e. The molecular formula is C21H17FO4. The fourth-order valence-electron chi connectivity index (χ4n) is 2.57. The molecule has 0 bridgehead atoms. The summed E-state index contributed by atoms with van der Waals surface area (Å²) in [5.74, 6) is 0.600. The molecule has 1 aromatic heterocycles. The van der Waals surface area contributed by atoms with Gasteiger partial charge in [0.25, 0.3) is 0 Å². The van der Waals surface area contributed by atoms with Crippen LogP contribution in [0.4, 0.5) is 4.39 Å². The van der Waals surface area contributed by atoms with Gasteiger partial charge in [-0.2, -0.15) is 0 Å². The highest BCUT2D eigenvalue weighted by Gasteiger charge is 2.13. The van der Waals surface area contributed by atoms with Crippen LogP contribution >= 0.6 is 0 Å². The zero-order valence-electron chi connectivity index (χ0n) is 14.4. The van der Waals surface area contributed by atoms with Gasteiger partial charge in [-0.15, -0.1) is 0 Å². The van der Waals surface area contributed by atoms with Crippen LogP contribution in [0.25, 0.3) is 17.2 Å². The van der Waals surface area contributed by atoms with Crippen LogP contribution in [0.5, 0.6) is 11.5 Å². The van der Waals surface area contributed by atoms with Gasteiger partial charge in [-0.1, -0.05) is 0 Å². The van der Waals surface area contributed by atoms with E-state index in [0.717, 1.165) is 11.1 Å². The standard InChI is InChI=1S/C21H17FO4/c1-24-20-12-18(16-9-10-26-13-16)21(25-2)11-15(20)5-8-19(23)14-3-6-17(22)7-4-14/h3-13H,1-2H3/b8-5+. The lowest BCUT2D eigenvalue weighted by Gasteiger charge is -2.12. The van der Waals surface area contributed by atoms with E-state index in [0.29, 0.717) is 22.6 Å². The molecule has 0 atom stereocenters. The minimum atomic E-state index is -0.383. The first-order valence-corrected chi connectivity index (χ1v) is 7.89. The molecule has 0 fully saturated rings. The van der Waals surface area contributed by atoms with E-state index in [1.807, 2.05) is 12.1 Å². The number of hydrogen-bond acceptors (Lipinski definition) is 4. The molecule has 0 saturated carbocycles. The Morgan fingerprint density at radius 3 is 2.38 bits per heavy atom. The highest BCUT2D eigenvalue weighted by atomic mass is 19.1. The Kier molecular flexibility index (Phi) is 5.17. The number of carbonyl (C=O) groups excluding carboxylic acids is 1. The largest absolute Gasteiger partial charge is 0.496 e. The highest BCUT2D eigenvalue weighted by Crippen LogP contribution is 2.37. The molecule has 3 aromatic rings. The number of carbonyl (C=O) groups is 1. The van der Waals surface area contributed by atoms with E-state index in [4.69, 9.17) is 13.9 Å². The molecule has 0 aliphatic carbocycles. The maximum absolute atomic E-state index is 13.0. The van der Waals surface area contributed by atoms with E-state index >= 15 is 0 Å². The molecule has 2 aromatic carbocycles. The van der Waals surface area contributed by atoms with Gasteiger partial charge in [-0.3, -0.25) is 4.79 Å². The lowest BCUT2D eigenvalue weighted by atomic mass is 10.0. The molecule has 4 nitrogen and oxygen atoms in total. The summed E-state index contributed by atoms with van der Waals surface area (Å²) in [5, 5.41) is 0. The zero-order valence-corrected chi connectivity index (χ0v) is 14.4. The third-order valence-electron chi connectivity index (χ3n) is 3.93. The van der Waals surface area contributed by atoms with Crippen LogP contribution in [0.1, 0.15) is 15.9 Å². The topological polar surface area (TPSA) is 48.7 Å². The summed E-state index contributed by atoms with van der Waals surface area (Å²) in [6, 6.07) is 10.8. The molecule has 0 aliphatic heterocycles. The number of ether oxygens (including phenoxy) is 2. The van der Waals surface area contributed by atoms with E-state index in [1.165, 1.54) is 30.3 Å². The normalized spacial score (nSPS) is 10.9. The summed E-state index contributed by atoms with van der Waals surface area (Å²) in [5.41, 5.74) is 2.77. The second-order valence-corrected chi connectivity index (χ2v) is 5.51. The predicted molar refractivity (Wildman–Crippen MR) is 97.0 cm³/mol. The molecule has 0 spiro atoms. The number of methoxy groups -OCH3 is 2. The minimum absolute atomic E-state index is 0.232. The van der Waals surface area contributed by atoms with Gasteiger partial charge in [-0.25, -0.2) is 4.39 Å². The first-order valence-electron chi connectivity index (χ1n) is 7.89. The molecule has 132 valence electrons. The molecule has 0 amide bonds. The summed E-state index contributed by atoms with van der Waals surface area (Å²) in [7, 11) is 3.13. The maximum Gasteiger partial charge on any atom is 0.185 e. The maximum atomic E-state index is 13.0. The van der Waals surface area contributed by atoms with Gasteiger partial charge < -0.3 is 13.9 Å². The van der Waals surface area contributed by atoms with E-state index in [2.05, 4.69) is 0 Å². The van der Waals surface area contributed by atoms with Crippen molar-refractivity contribution in [3.63, 3.8) is 0 Å². The van der Waals surface area contributed by atoms with Gasteiger partial charge in [0.15, 0.2) is 5.78 Å². The Bertz CT molecular complexity index is 925. The lowest BCUT2D eigenvalue weighted by Crippen LogP contribution is -1.96. The van der Waals surface area contributed by atoms with Crippen molar-refractivity contribution in [1.29, 1.82) is 0 Å². The fraction of sp³-hybridized carbons (Fsp3) is 0.0952. The average molecular weight is 352 g/mol. The molecule has 0 aliphatic rings. The molecule has 0 unspecified atom stereocenters. The Hall–Kier alpha value is -3.34. The van der Waals surface area contributed by atoms with Gasteiger partial charge in [0.05, 0.1) is 26.7 Å². The number of furan rings is 1. The van der Waals surface area contributed by atoms with Crippen molar-refractivity contribution in [1.82, 2.24) is 0 Å². The number of rotatable bonds is 6. The summed E-state index contributed by atoms with van der Waals surface area (Å²) in [4.78, 5) is 12.2. The van der Waals surface area contributed by atoms with Crippen molar-refractivity contribution in [2.24, 2.45) is 0 Å². The number of halogens is 1. The number of allylic oxidation sites excluding steroid dienone is 1. The van der Waals surface area contributed by atoms with Crippen LogP contribution in [-0.2, 0) is 0 Å². The number of ketones is 1. The lowest BCUT2D eigenvalue weighted by molar-refractivity contribution is 0.104. The molecule has 1 heterocycles. The summed E-state index contributed by atoms with van der Waals surface area (Å²) < 4.78 is 29.0. The fourth-order valence-corrected chi connectivity index (χ4v) is 2.57. The van der Waals surface area contributed by atoms with E-state index in [9.17, 15) is 9.18 Å². The first kappa shape index (κ1) is 17.5. The summed E-state index contributed by atoms with van der Waals surface area (Å²) in [6.07, 6.45) is 6.26. The quantitative estimate of drug-likeness (QED) is 0.463. The second kappa shape index (κ2) is 7.70. The molecule has 0 N–H and O–H groups in total. The van der Waals surface area contributed by atoms with Crippen molar-refractivity contribution in [3.8, 4) is 22.6 Å². The van der Waals surface area contributed by atoms with Crippen LogP contribution in [0, 0.1) is 5.82 Å². The Morgan fingerprint density at radius 2 is 1.77 bits per heavy atom. The van der Waals surface area contributed by atoms with Gasteiger partial charge in [0.2, 0.25) is 0 Å². The Morgan fingerprint density at radius 1 is 1.04 bits per heavy atom. The van der Waals surface area contributed by atoms with E-state index in [-0.39, 0.29) is 11.6 Å². The molecule has 0 radical (unpaired) electrons. The van der Waals surface area contributed by atoms with Crippen molar-refractivity contribution in [2.45, 2.75) is 0 Å². The van der Waals surface area contributed by atoms with Crippen molar-refractivity contribution >= 4 is 11.9 Å². The van der Waals surface area contributed by atoms with E-state index < -0.39 is 0 Å². The van der Waals surface area contributed by atoms with Crippen LogP contribution in [-0.4, -0.2) is 20.0 Å². The van der Waals surface area contributed by atoms with Crippen LogP contribution in [0.2, 0.25) is 0 Å². The summed E-state index contributed by atoms with van der Waals surface area (Å²) >= 11 is 0. The van der Waals surface area contributed by atoms with Gasteiger partial charge in [0, 0.05) is 22.3 Å². The summed E-state index contributed by atoms with van der Waals surface area (Å²) in [6.45, 7) is 0. The van der Waals surface area contributed by atoms with Gasteiger partial charge in [-0.05, 0) is 54.6 Å². The van der Waals surface area contributed by atoms with Crippen LogP contribution in [0.3, 0.4) is 0 Å². The third kappa shape index (κ3) is 3.67. The van der Waals surface area contributed by atoms with Crippen molar-refractivity contribution < 1.29 is 23.1 Å². The average Bonchev–Trinajstić information content (AvgIpc) is 3.20. The monoisotopic (exact) mass is 352 g/mol. The third-order valence-corrected chi connectivity index (χ3v) is 3.93. The first-order chi connectivity index (χ1) is 12.6. The number of benzene rings is 2. The number of hydrogen-bond donors (Lipinski definition) is 0. The van der Waals surface area contributed by atoms with Gasteiger partial charge >= 0.3 is 0 Å². The van der Waals surface area contributed by atoms with Crippen LogP contribution in [0.15, 0.2) is 65.5 Å². The highest BCUT2D eigenvalue weighted by molar-refractivity contribution is 6.07. The molecule has 26 heavy (non-hydrogen) atoms. The van der Waals surface area contributed by atoms with E-state index in [1.54, 1.807) is 38.9 Å². The zero-order chi connectivity index (χ0) is 18.5.